The minimum absolute atomic E-state index is 0.472. The van der Waals surface area contributed by atoms with E-state index in [1.165, 1.54) is 0 Å². The third kappa shape index (κ3) is 2.49. The summed E-state index contributed by atoms with van der Waals surface area (Å²) in [5.41, 5.74) is 8.57. The Hall–Kier alpha value is -2.02. The van der Waals surface area contributed by atoms with Crippen molar-refractivity contribution in [3.05, 3.63) is 58.3 Å². The molecule has 0 fully saturated rings. The highest BCUT2D eigenvalue weighted by atomic mass is 127. The molecule has 1 aromatic carbocycles. The van der Waals surface area contributed by atoms with Crippen molar-refractivity contribution in [3.63, 3.8) is 0 Å². The smallest absolute Gasteiger partial charge is 0.180 e. The van der Waals surface area contributed by atoms with Gasteiger partial charge in [-0.1, -0.05) is 36.4 Å². The van der Waals surface area contributed by atoms with Crippen LogP contribution in [-0.2, 0) is 0 Å². The first-order valence-electron chi connectivity index (χ1n) is 6.05. The summed E-state index contributed by atoms with van der Waals surface area (Å²) >= 11 is 2.17. The number of pyridine rings is 1. The molecular weight excluding hydrogens is 363 g/mol. The van der Waals surface area contributed by atoms with E-state index < -0.39 is 0 Å². The first kappa shape index (κ1) is 13.0. The van der Waals surface area contributed by atoms with Gasteiger partial charge in [0, 0.05) is 11.8 Å². The molecule has 0 bridgehead atoms. The van der Waals surface area contributed by atoms with E-state index in [0.717, 1.165) is 14.8 Å². The fraction of sp³-hybridized carbons (Fsp3) is 0. The van der Waals surface area contributed by atoms with E-state index in [1.807, 2.05) is 48.5 Å². The van der Waals surface area contributed by atoms with E-state index in [0.29, 0.717) is 17.3 Å². The van der Waals surface area contributed by atoms with E-state index >= 15 is 0 Å². The zero-order chi connectivity index (χ0) is 13.9. The van der Waals surface area contributed by atoms with Crippen LogP contribution in [0.25, 0.3) is 22.8 Å². The second-order valence-corrected chi connectivity index (χ2v) is 5.25. The van der Waals surface area contributed by atoms with Crippen molar-refractivity contribution in [1.29, 1.82) is 0 Å². The Morgan fingerprint density at radius 2 is 1.65 bits per heavy atom. The zero-order valence-electron chi connectivity index (χ0n) is 10.5. The summed E-state index contributed by atoms with van der Waals surface area (Å²) in [6, 6.07) is 15.6. The molecule has 0 saturated heterocycles. The number of hydrogen-bond donors (Lipinski definition) is 1. The average molecular weight is 374 g/mol. The molecule has 0 saturated carbocycles. The van der Waals surface area contributed by atoms with Crippen LogP contribution >= 0.6 is 22.6 Å². The number of nitrogens with two attached hydrogens (primary N) is 1. The highest BCUT2D eigenvalue weighted by molar-refractivity contribution is 14.1. The number of rotatable bonds is 2. The highest BCUT2D eigenvalue weighted by Gasteiger charge is 2.13. The Kier molecular flexibility index (Phi) is 3.60. The molecular formula is C15H11IN4. The lowest BCUT2D eigenvalue weighted by molar-refractivity contribution is 1.14. The van der Waals surface area contributed by atoms with Gasteiger partial charge in [0.25, 0.3) is 0 Å². The van der Waals surface area contributed by atoms with Gasteiger partial charge in [-0.25, -0.2) is 9.97 Å². The van der Waals surface area contributed by atoms with Crippen LogP contribution in [0.5, 0.6) is 0 Å². The molecule has 2 heterocycles. The molecule has 0 radical (unpaired) electrons. The maximum Gasteiger partial charge on any atom is 0.180 e. The van der Waals surface area contributed by atoms with Crippen LogP contribution in [0.1, 0.15) is 0 Å². The van der Waals surface area contributed by atoms with Crippen molar-refractivity contribution >= 4 is 28.4 Å². The number of hydrogen-bond acceptors (Lipinski definition) is 4. The first-order chi connectivity index (χ1) is 9.75. The van der Waals surface area contributed by atoms with Crippen molar-refractivity contribution in [3.8, 4) is 22.8 Å². The normalized spacial score (nSPS) is 10.4. The minimum Gasteiger partial charge on any atom is -0.383 e. The summed E-state index contributed by atoms with van der Waals surface area (Å²) in [4.78, 5) is 13.2. The van der Waals surface area contributed by atoms with Crippen molar-refractivity contribution in [2.75, 3.05) is 5.73 Å². The number of nitrogens with zero attached hydrogens (tertiary/aromatic N) is 3. The average Bonchev–Trinajstić information content (AvgIpc) is 2.51. The minimum atomic E-state index is 0.472. The molecule has 3 rings (SSSR count). The van der Waals surface area contributed by atoms with Gasteiger partial charge in [0.05, 0.1) is 9.26 Å². The molecule has 0 aliphatic heterocycles. The van der Waals surface area contributed by atoms with Gasteiger partial charge >= 0.3 is 0 Å². The number of nitrogen functional groups attached to an aromatic ring is 1. The fourth-order valence-electron chi connectivity index (χ4n) is 1.86. The Morgan fingerprint density at radius 1 is 0.900 bits per heavy atom. The van der Waals surface area contributed by atoms with Gasteiger partial charge in [0.1, 0.15) is 11.5 Å². The Bertz CT molecular complexity index is 730. The number of anilines is 1. The SMILES string of the molecule is Nc1nc(-c2ccccn2)nc(-c2ccccc2)c1I. The third-order valence-corrected chi connectivity index (χ3v) is 3.88. The topological polar surface area (TPSA) is 64.7 Å². The zero-order valence-corrected chi connectivity index (χ0v) is 12.7. The second-order valence-electron chi connectivity index (χ2n) is 4.18. The molecule has 2 aromatic heterocycles. The quantitative estimate of drug-likeness (QED) is 0.699. The van der Waals surface area contributed by atoms with Gasteiger partial charge in [-0.15, -0.1) is 0 Å². The lowest BCUT2D eigenvalue weighted by Crippen LogP contribution is -2.03. The van der Waals surface area contributed by atoms with Crippen LogP contribution in [0.4, 0.5) is 5.82 Å². The Balaban J connectivity index is 2.19. The maximum atomic E-state index is 6.01. The van der Waals surface area contributed by atoms with Crippen molar-refractivity contribution in [1.82, 2.24) is 15.0 Å². The van der Waals surface area contributed by atoms with Crippen molar-refractivity contribution < 1.29 is 0 Å². The predicted octanol–water partition coefficient (Wildman–Crippen LogP) is 3.39. The molecule has 0 aliphatic rings. The van der Waals surface area contributed by atoms with E-state index in [-0.39, 0.29) is 0 Å². The molecule has 5 heteroatoms. The lowest BCUT2D eigenvalue weighted by Gasteiger charge is -2.08. The van der Waals surface area contributed by atoms with Crippen LogP contribution in [0.3, 0.4) is 0 Å². The highest BCUT2D eigenvalue weighted by Crippen LogP contribution is 2.28. The molecule has 0 atom stereocenters. The summed E-state index contributed by atoms with van der Waals surface area (Å²) in [6.45, 7) is 0. The van der Waals surface area contributed by atoms with Crippen molar-refractivity contribution in [2.24, 2.45) is 0 Å². The monoisotopic (exact) mass is 374 g/mol. The molecule has 0 aliphatic carbocycles. The van der Waals surface area contributed by atoms with Crippen LogP contribution in [0, 0.1) is 3.57 Å². The van der Waals surface area contributed by atoms with Gasteiger partial charge in [-0.05, 0) is 34.7 Å². The number of aromatic nitrogens is 3. The Morgan fingerprint density at radius 3 is 2.35 bits per heavy atom. The number of halogens is 1. The fourth-order valence-corrected chi connectivity index (χ4v) is 2.41. The predicted molar refractivity (Wildman–Crippen MR) is 87.8 cm³/mol. The van der Waals surface area contributed by atoms with Crippen LogP contribution < -0.4 is 5.73 Å². The third-order valence-electron chi connectivity index (χ3n) is 2.82. The summed E-state index contributed by atoms with van der Waals surface area (Å²) < 4.78 is 0.855. The molecule has 0 unspecified atom stereocenters. The van der Waals surface area contributed by atoms with E-state index in [4.69, 9.17) is 5.73 Å². The van der Waals surface area contributed by atoms with E-state index in [2.05, 4.69) is 37.5 Å². The molecule has 3 aromatic rings. The summed E-state index contributed by atoms with van der Waals surface area (Å²) in [6.07, 6.45) is 1.72. The Labute approximate surface area is 130 Å². The summed E-state index contributed by atoms with van der Waals surface area (Å²) in [5, 5.41) is 0. The van der Waals surface area contributed by atoms with Crippen molar-refractivity contribution in [2.45, 2.75) is 0 Å². The van der Waals surface area contributed by atoms with Gasteiger partial charge in [0.2, 0.25) is 0 Å². The molecule has 0 spiro atoms. The molecule has 0 amide bonds. The van der Waals surface area contributed by atoms with Crippen LogP contribution in [-0.4, -0.2) is 15.0 Å². The second kappa shape index (κ2) is 5.54. The van der Waals surface area contributed by atoms with Crippen LogP contribution in [0.15, 0.2) is 54.7 Å². The van der Waals surface area contributed by atoms with Gasteiger partial charge in [-0.3, -0.25) is 4.98 Å². The van der Waals surface area contributed by atoms with E-state index in [9.17, 15) is 0 Å². The van der Waals surface area contributed by atoms with Crippen LogP contribution in [0.2, 0.25) is 0 Å². The first-order valence-corrected chi connectivity index (χ1v) is 7.13. The summed E-state index contributed by atoms with van der Waals surface area (Å²) in [7, 11) is 0. The molecule has 4 nitrogen and oxygen atoms in total. The van der Waals surface area contributed by atoms with Gasteiger partial charge in [-0.2, -0.15) is 0 Å². The molecule has 2 N–H and O–H groups in total. The number of benzene rings is 1. The standard InChI is InChI=1S/C15H11IN4/c16-12-13(10-6-2-1-3-7-10)19-15(20-14(12)17)11-8-4-5-9-18-11/h1-9H,(H2,17,19,20). The maximum absolute atomic E-state index is 6.01. The van der Waals surface area contributed by atoms with E-state index in [1.54, 1.807) is 6.20 Å². The van der Waals surface area contributed by atoms with Gasteiger partial charge in [0.15, 0.2) is 5.82 Å². The summed E-state index contributed by atoms with van der Waals surface area (Å²) in [5.74, 6) is 1.02. The molecule has 20 heavy (non-hydrogen) atoms. The lowest BCUT2D eigenvalue weighted by atomic mass is 10.1. The molecule has 98 valence electrons. The van der Waals surface area contributed by atoms with Gasteiger partial charge < -0.3 is 5.73 Å². The largest absolute Gasteiger partial charge is 0.383 e.